The van der Waals surface area contributed by atoms with E-state index in [4.69, 9.17) is 37.4 Å². The molecule has 0 radical (unpaired) electrons. The summed E-state index contributed by atoms with van der Waals surface area (Å²) in [5, 5.41) is 5.27. The van der Waals surface area contributed by atoms with Gasteiger partial charge in [0.2, 0.25) is 5.95 Å². The molecule has 0 amide bonds. The summed E-state index contributed by atoms with van der Waals surface area (Å²) in [7, 11) is 12.6. The molecule has 6 rings (SSSR count). The van der Waals surface area contributed by atoms with Crippen molar-refractivity contribution in [1.29, 1.82) is 0 Å². The van der Waals surface area contributed by atoms with Gasteiger partial charge >= 0.3 is 0 Å². The van der Waals surface area contributed by atoms with Crippen LogP contribution in [0.2, 0.25) is 10.3 Å². The molecule has 0 aliphatic carbocycles. The number of anilines is 2. The number of rotatable bonds is 5. The highest BCUT2D eigenvalue weighted by Crippen LogP contribution is 2.33. The van der Waals surface area contributed by atoms with E-state index in [2.05, 4.69) is 15.0 Å². The number of hydrogen-bond acceptors (Lipinski definition) is 8. The summed E-state index contributed by atoms with van der Waals surface area (Å²) in [5.41, 5.74) is 2.10. The summed E-state index contributed by atoms with van der Waals surface area (Å²) in [6.07, 6.45) is 4.52. The Morgan fingerprint density at radius 1 is 0.522 bits per heavy atom. The molecule has 3 heterocycles. The summed E-state index contributed by atoms with van der Waals surface area (Å²) in [6.45, 7) is 0. The lowest BCUT2D eigenvalue weighted by molar-refractivity contribution is 0.416. The first-order chi connectivity index (χ1) is 22.0. The Kier molecular flexibility index (Phi) is 11.2. The van der Waals surface area contributed by atoms with E-state index in [0.29, 0.717) is 38.0 Å². The minimum atomic E-state index is -0.471. The van der Waals surface area contributed by atoms with Gasteiger partial charge in [-0.15, -0.1) is 0 Å². The van der Waals surface area contributed by atoms with Gasteiger partial charge in [0.15, 0.2) is 0 Å². The van der Waals surface area contributed by atoms with Gasteiger partial charge in [-0.2, -0.15) is 4.39 Å². The van der Waals surface area contributed by atoms with Gasteiger partial charge < -0.3 is 24.0 Å². The second kappa shape index (κ2) is 15.1. The minimum Gasteiger partial charge on any atom is -0.494 e. The second-order valence-electron chi connectivity index (χ2n) is 10.3. The predicted octanol–water partition coefficient (Wildman–Crippen LogP) is 8.45. The molecule has 12 heteroatoms. The molecule has 46 heavy (non-hydrogen) atoms. The monoisotopic (exact) mass is 667 g/mol. The Morgan fingerprint density at radius 2 is 0.913 bits per heavy atom. The van der Waals surface area contributed by atoms with Gasteiger partial charge in [0.25, 0.3) is 0 Å². The summed E-state index contributed by atoms with van der Waals surface area (Å²) >= 11 is 11.9. The molecule has 0 atom stereocenters. The molecular weight excluding hydrogens is 635 g/mol. The van der Waals surface area contributed by atoms with E-state index in [0.717, 1.165) is 33.3 Å². The Morgan fingerprint density at radius 3 is 1.37 bits per heavy atom. The van der Waals surface area contributed by atoms with Gasteiger partial charge in [0.05, 0.1) is 39.9 Å². The minimum absolute atomic E-state index is 0.321. The van der Waals surface area contributed by atoms with Crippen LogP contribution in [0.4, 0.5) is 20.2 Å². The fourth-order valence-electron chi connectivity index (χ4n) is 4.54. The maximum Gasteiger partial charge on any atom is 0.220 e. The standard InChI is InChI=1S/C12H13ClN2O.C12H13FN2O.C10H7ClFNO/c2*1-15(2)8-4-5-9-10(6-8)11(16-3)7-14-12(9)13;1-14-9-5-13-10(11)7-3-2-6(12)4-8(7)9/h2*4-7H,1-3H3;2-5H,1H3. The molecule has 0 unspecified atom stereocenters. The van der Waals surface area contributed by atoms with Crippen LogP contribution in [0, 0.1) is 11.8 Å². The highest BCUT2D eigenvalue weighted by Gasteiger charge is 2.10. The maximum absolute atomic E-state index is 13.5. The highest BCUT2D eigenvalue weighted by atomic mass is 35.5. The Balaban J connectivity index is 0.000000157. The third-order valence-corrected chi connectivity index (χ3v) is 7.63. The van der Waals surface area contributed by atoms with Gasteiger partial charge in [0, 0.05) is 71.9 Å². The number of nitrogens with zero attached hydrogens (tertiary/aromatic N) is 5. The van der Waals surface area contributed by atoms with Gasteiger partial charge in [-0.05, 0) is 54.6 Å². The normalized spacial score (nSPS) is 10.5. The van der Waals surface area contributed by atoms with Crippen LogP contribution in [0.3, 0.4) is 0 Å². The van der Waals surface area contributed by atoms with E-state index in [1.807, 2.05) is 68.3 Å². The number of aromatic nitrogens is 3. The number of halogens is 4. The van der Waals surface area contributed by atoms with Crippen LogP contribution in [0.15, 0.2) is 73.2 Å². The summed E-state index contributed by atoms with van der Waals surface area (Å²) in [4.78, 5) is 15.6. The first-order valence-corrected chi connectivity index (χ1v) is 14.6. The van der Waals surface area contributed by atoms with E-state index in [9.17, 15) is 8.78 Å². The average molecular weight is 669 g/mol. The number of ether oxygens (including phenoxy) is 3. The number of fused-ring (bicyclic) bond motifs is 3. The van der Waals surface area contributed by atoms with E-state index < -0.39 is 5.95 Å². The van der Waals surface area contributed by atoms with Crippen molar-refractivity contribution in [2.24, 2.45) is 0 Å². The second-order valence-corrected chi connectivity index (χ2v) is 11.0. The molecule has 0 N–H and O–H groups in total. The molecule has 0 fully saturated rings. The first-order valence-electron chi connectivity index (χ1n) is 13.9. The van der Waals surface area contributed by atoms with Crippen molar-refractivity contribution >= 4 is 66.9 Å². The zero-order chi connectivity index (χ0) is 33.5. The highest BCUT2D eigenvalue weighted by molar-refractivity contribution is 6.35. The van der Waals surface area contributed by atoms with Crippen LogP contribution in [0.1, 0.15) is 0 Å². The zero-order valence-corrected chi connectivity index (χ0v) is 27.9. The lowest BCUT2D eigenvalue weighted by Gasteiger charge is -2.14. The van der Waals surface area contributed by atoms with Crippen LogP contribution in [0.5, 0.6) is 17.2 Å². The third-order valence-electron chi connectivity index (χ3n) is 7.03. The molecular formula is C34H33Cl2F2N5O3. The van der Waals surface area contributed by atoms with Crippen LogP contribution in [-0.2, 0) is 0 Å². The topological polar surface area (TPSA) is 72.8 Å². The van der Waals surface area contributed by atoms with Gasteiger partial charge in [-0.25, -0.2) is 19.3 Å². The van der Waals surface area contributed by atoms with E-state index in [-0.39, 0.29) is 5.82 Å². The number of hydrogen-bond donors (Lipinski definition) is 0. The van der Waals surface area contributed by atoms with Gasteiger partial charge in [0.1, 0.15) is 33.4 Å². The molecule has 240 valence electrons. The third kappa shape index (κ3) is 7.58. The van der Waals surface area contributed by atoms with E-state index >= 15 is 0 Å². The van der Waals surface area contributed by atoms with Crippen molar-refractivity contribution in [2.75, 3.05) is 59.3 Å². The number of pyridine rings is 3. The molecule has 8 nitrogen and oxygen atoms in total. The van der Waals surface area contributed by atoms with E-state index in [1.165, 1.54) is 31.6 Å². The fourth-order valence-corrected chi connectivity index (χ4v) is 4.97. The zero-order valence-electron chi connectivity index (χ0n) is 26.4. The van der Waals surface area contributed by atoms with Crippen molar-refractivity contribution in [1.82, 2.24) is 15.0 Å². The van der Waals surface area contributed by atoms with E-state index in [1.54, 1.807) is 32.5 Å². The molecule has 0 bridgehead atoms. The summed E-state index contributed by atoms with van der Waals surface area (Å²) in [5.74, 6) is 1.05. The van der Waals surface area contributed by atoms with Crippen molar-refractivity contribution in [3.8, 4) is 17.2 Å². The van der Waals surface area contributed by atoms with Crippen LogP contribution in [-0.4, -0.2) is 64.5 Å². The van der Waals surface area contributed by atoms with Crippen LogP contribution in [0.25, 0.3) is 32.3 Å². The molecule has 3 aromatic heterocycles. The van der Waals surface area contributed by atoms with Gasteiger partial charge in [-0.3, -0.25) is 0 Å². The molecule has 0 spiro atoms. The fraction of sp³-hybridized carbons (Fsp3) is 0.206. The smallest absolute Gasteiger partial charge is 0.220 e. The SMILES string of the molecule is COc1cnc(Cl)c2ccc(F)cc12.COc1cnc(Cl)c2ccc(N(C)C)cc12.COc1cnc(F)c2ccc(N(C)C)cc12. The summed E-state index contributed by atoms with van der Waals surface area (Å²) in [6, 6.07) is 15.8. The summed E-state index contributed by atoms with van der Waals surface area (Å²) < 4.78 is 41.9. The quantitative estimate of drug-likeness (QED) is 0.170. The van der Waals surface area contributed by atoms with Crippen molar-refractivity contribution in [2.45, 2.75) is 0 Å². The predicted molar refractivity (Wildman–Crippen MR) is 183 cm³/mol. The Bertz CT molecular complexity index is 1900. The molecule has 6 aromatic rings. The Labute approximate surface area is 276 Å². The van der Waals surface area contributed by atoms with Gasteiger partial charge in [-0.1, -0.05) is 23.2 Å². The van der Waals surface area contributed by atoms with Crippen molar-refractivity contribution in [3.63, 3.8) is 0 Å². The lowest BCUT2D eigenvalue weighted by atomic mass is 10.1. The molecule has 0 saturated carbocycles. The molecule has 3 aromatic carbocycles. The molecule has 0 aliphatic heterocycles. The largest absolute Gasteiger partial charge is 0.494 e. The average Bonchev–Trinajstić information content (AvgIpc) is 3.05. The van der Waals surface area contributed by atoms with Crippen molar-refractivity contribution < 1.29 is 23.0 Å². The van der Waals surface area contributed by atoms with Crippen molar-refractivity contribution in [3.05, 3.63) is 95.3 Å². The lowest BCUT2D eigenvalue weighted by Crippen LogP contribution is -2.08. The Hall–Kier alpha value is -4.67. The first kappa shape index (κ1) is 34.2. The van der Waals surface area contributed by atoms with Crippen LogP contribution < -0.4 is 24.0 Å². The number of benzene rings is 3. The number of methoxy groups -OCH3 is 3. The molecule has 0 saturated heterocycles. The molecule has 0 aliphatic rings. The van der Waals surface area contributed by atoms with Crippen LogP contribution >= 0.6 is 23.2 Å². The maximum atomic E-state index is 13.5.